The molecule has 90 valence electrons. The van der Waals surface area contributed by atoms with Gasteiger partial charge in [0.2, 0.25) is 0 Å². The lowest BCUT2D eigenvalue weighted by Crippen LogP contribution is -2.40. The molecule has 0 aromatic carbocycles. The van der Waals surface area contributed by atoms with Crippen LogP contribution in [0.4, 0.5) is 0 Å². The maximum Gasteiger partial charge on any atom is 0.134 e. The van der Waals surface area contributed by atoms with Gasteiger partial charge in [0, 0.05) is 18.8 Å². The fraction of sp³-hybridized carbons (Fsp3) is 0.636. The molecule has 0 bridgehead atoms. The van der Waals surface area contributed by atoms with Crippen LogP contribution >= 0.6 is 23.1 Å². The van der Waals surface area contributed by atoms with E-state index in [1.54, 1.807) is 18.4 Å². The van der Waals surface area contributed by atoms with Crippen molar-refractivity contribution in [2.24, 2.45) is 0 Å². The topological polar surface area (TPSA) is 41.5 Å². The van der Waals surface area contributed by atoms with Crippen LogP contribution in [0.15, 0.2) is 11.4 Å². The van der Waals surface area contributed by atoms with Crippen molar-refractivity contribution in [3.05, 3.63) is 16.3 Å². The molecule has 1 saturated heterocycles. The summed E-state index contributed by atoms with van der Waals surface area (Å²) < 4.78 is 5.24. The Balaban J connectivity index is 1.79. The standard InChI is InChI=1S/C11H17NO2S2/c1-14-9-2-4-16-10(9)6-12-7-11(13)3-5-15-8-11/h2,4,12-13H,3,5-8H2,1H3. The van der Waals surface area contributed by atoms with Crippen molar-refractivity contribution in [2.75, 3.05) is 25.2 Å². The fourth-order valence-corrected chi connectivity index (χ4v) is 3.89. The van der Waals surface area contributed by atoms with Gasteiger partial charge in [0.1, 0.15) is 5.75 Å². The average Bonchev–Trinajstić information content (AvgIpc) is 2.88. The van der Waals surface area contributed by atoms with Crippen LogP contribution in [0.2, 0.25) is 0 Å². The number of thioether (sulfide) groups is 1. The Morgan fingerprint density at radius 1 is 1.62 bits per heavy atom. The summed E-state index contributed by atoms with van der Waals surface area (Å²) in [5.41, 5.74) is -0.505. The minimum absolute atomic E-state index is 0.505. The Morgan fingerprint density at radius 3 is 3.19 bits per heavy atom. The summed E-state index contributed by atoms with van der Waals surface area (Å²) in [7, 11) is 1.69. The summed E-state index contributed by atoms with van der Waals surface area (Å²) in [5, 5.41) is 15.5. The summed E-state index contributed by atoms with van der Waals surface area (Å²) in [6.45, 7) is 1.44. The van der Waals surface area contributed by atoms with Crippen LogP contribution in [0.3, 0.4) is 0 Å². The molecule has 5 heteroatoms. The van der Waals surface area contributed by atoms with Gasteiger partial charge in [-0.05, 0) is 23.6 Å². The molecule has 0 radical (unpaired) electrons. The molecule has 1 aromatic rings. The maximum absolute atomic E-state index is 10.1. The lowest BCUT2D eigenvalue weighted by Gasteiger charge is -2.21. The molecule has 0 aliphatic carbocycles. The Morgan fingerprint density at radius 2 is 2.50 bits per heavy atom. The molecule has 0 amide bonds. The highest BCUT2D eigenvalue weighted by Gasteiger charge is 2.31. The van der Waals surface area contributed by atoms with Crippen molar-refractivity contribution in [3.63, 3.8) is 0 Å². The lowest BCUT2D eigenvalue weighted by molar-refractivity contribution is 0.0675. The maximum atomic E-state index is 10.1. The van der Waals surface area contributed by atoms with E-state index >= 15 is 0 Å². The van der Waals surface area contributed by atoms with Gasteiger partial charge in [0.25, 0.3) is 0 Å². The number of rotatable bonds is 5. The van der Waals surface area contributed by atoms with Crippen LogP contribution in [-0.2, 0) is 6.54 Å². The van der Waals surface area contributed by atoms with Gasteiger partial charge in [0.15, 0.2) is 0 Å². The van der Waals surface area contributed by atoms with E-state index in [0.717, 1.165) is 30.2 Å². The Bertz CT molecular complexity index is 334. The van der Waals surface area contributed by atoms with Crippen LogP contribution < -0.4 is 10.1 Å². The predicted octanol–water partition coefficient (Wildman–Crippen LogP) is 1.71. The first-order chi connectivity index (χ1) is 7.73. The SMILES string of the molecule is COc1ccsc1CNCC1(O)CCSC1. The molecule has 2 N–H and O–H groups in total. The second kappa shape index (κ2) is 5.40. The van der Waals surface area contributed by atoms with Gasteiger partial charge in [0.05, 0.1) is 17.6 Å². The summed E-state index contributed by atoms with van der Waals surface area (Å²) >= 11 is 3.51. The molecule has 2 rings (SSSR count). The van der Waals surface area contributed by atoms with Gasteiger partial charge in [-0.15, -0.1) is 11.3 Å². The van der Waals surface area contributed by atoms with E-state index in [1.807, 2.05) is 23.2 Å². The van der Waals surface area contributed by atoms with Crippen molar-refractivity contribution in [3.8, 4) is 5.75 Å². The quantitative estimate of drug-likeness (QED) is 0.845. The van der Waals surface area contributed by atoms with E-state index in [4.69, 9.17) is 4.74 Å². The molecular formula is C11H17NO2S2. The molecule has 1 atom stereocenters. The zero-order valence-corrected chi connectivity index (χ0v) is 11.0. The van der Waals surface area contributed by atoms with Crippen molar-refractivity contribution in [1.82, 2.24) is 5.32 Å². The van der Waals surface area contributed by atoms with Crippen LogP contribution in [0, 0.1) is 0 Å². The van der Waals surface area contributed by atoms with Crippen molar-refractivity contribution in [1.29, 1.82) is 0 Å². The summed E-state index contributed by atoms with van der Waals surface area (Å²) in [5.74, 6) is 2.85. The number of thiophene rings is 1. The lowest BCUT2D eigenvalue weighted by atomic mass is 10.0. The summed E-state index contributed by atoms with van der Waals surface area (Å²) in [6.07, 6.45) is 0.895. The van der Waals surface area contributed by atoms with E-state index in [1.165, 1.54) is 4.88 Å². The van der Waals surface area contributed by atoms with Gasteiger partial charge in [-0.3, -0.25) is 0 Å². The molecule has 3 nitrogen and oxygen atoms in total. The molecule has 1 aliphatic rings. The second-order valence-corrected chi connectivity index (χ2v) is 6.15. The van der Waals surface area contributed by atoms with E-state index in [2.05, 4.69) is 5.32 Å². The third-order valence-electron chi connectivity index (χ3n) is 2.75. The number of hydrogen-bond acceptors (Lipinski definition) is 5. The van der Waals surface area contributed by atoms with Crippen LogP contribution in [-0.4, -0.2) is 35.9 Å². The number of nitrogens with one attached hydrogen (secondary N) is 1. The van der Waals surface area contributed by atoms with Crippen molar-refractivity contribution < 1.29 is 9.84 Å². The van der Waals surface area contributed by atoms with E-state index < -0.39 is 5.60 Å². The van der Waals surface area contributed by atoms with Crippen molar-refractivity contribution in [2.45, 2.75) is 18.6 Å². The first-order valence-electron chi connectivity index (χ1n) is 5.35. The van der Waals surface area contributed by atoms with E-state index in [-0.39, 0.29) is 0 Å². The second-order valence-electron chi connectivity index (χ2n) is 4.04. The van der Waals surface area contributed by atoms with E-state index in [0.29, 0.717) is 6.54 Å². The fourth-order valence-electron chi connectivity index (χ4n) is 1.78. The minimum Gasteiger partial charge on any atom is -0.496 e. The molecule has 1 unspecified atom stereocenters. The largest absolute Gasteiger partial charge is 0.496 e. The molecular weight excluding hydrogens is 242 g/mol. The monoisotopic (exact) mass is 259 g/mol. The Hall–Kier alpha value is -0.230. The molecule has 0 saturated carbocycles. The molecule has 2 heterocycles. The van der Waals surface area contributed by atoms with Gasteiger partial charge in [-0.1, -0.05) is 0 Å². The first-order valence-corrected chi connectivity index (χ1v) is 7.38. The first kappa shape index (κ1) is 12.2. The molecule has 16 heavy (non-hydrogen) atoms. The highest BCUT2D eigenvalue weighted by atomic mass is 32.2. The number of aliphatic hydroxyl groups is 1. The normalized spacial score (nSPS) is 24.9. The molecule has 1 aromatic heterocycles. The third-order valence-corrected chi connectivity index (χ3v) is 4.88. The number of ether oxygens (including phenoxy) is 1. The molecule has 0 spiro atoms. The Kier molecular flexibility index (Phi) is 4.13. The smallest absolute Gasteiger partial charge is 0.134 e. The van der Waals surface area contributed by atoms with Crippen LogP contribution in [0.5, 0.6) is 5.75 Å². The summed E-state index contributed by atoms with van der Waals surface area (Å²) in [6, 6.07) is 1.97. The Labute approximate surface area is 104 Å². The zero-order chi connectivity index (χ0) is 11.4. The van der Waals surface area contributed by atoms with Crippen LogP contribution in [0.25, 0.3) is 0 Å². The highest BCUT2D eigenvalue weighted by molar-refractivity contribution is 7.99. The highest BCUT2D eigenvalue weighted by Crippen LogP contribution is 2.28. The number of hydrogen-bond donors (Lipinski definition) is 2. The number of methoxy groups -OCH3 is 1. The summed E-state index contributed by atoms with van der Waals surface area (Å²) in [4.78, 5) is 1.19. The molecule has 1 fully saturated rings. The van der Waals surface area contributed by atoms with E-state index in [9.17, 15) is 5.11 Å². The average molecular weight is 259 g/mol. The van der Waals surface area contributed by atoms with Gasteiger partial charge < -0.3 is 15.2 Å². The van der Waals surface area contributed by atoms with Gasteiger partial charge in [-0.2, -0.15) is 11.8 Å². The molecule has 1 aliphatic heterocycles. The predicted molar refractivity (Wildman–Crippen MR) is 69.5 cm³/mol. The van der Waals surface area contributed by atoms with Crippen LogP contribution in [0.1, 0.15) is 11.3 Å². The third kappa shape index (κ3) is 2.91. The van der Waals surface area contributed by atoms with Gasteiger partial charge >= 0.3 is 0 Å². The van der Waals surface area contributed by atoms with Crippen molar-refractivity contribution >= 4 is 23.1 Å². The zero-order valence-electron chi connectivity index (χ0n) is 9.36. The van der Waals surface area contributed by atoms with Gasteiger partial charge in [-0.25, -0.2) is 0 Å². The minimum atomic E-state index is -0.505.